The number of fused-ring (bicyclic) bond motifs is 3. The monoisotopic (exact) mass is 578 g/mol. The molecule has 3 nitrogen and oxygen atoms in total. The Morgan fingerprint density at radius 3 is 2.03 bits per heavy atom. The van der Waals surface area contributed by atoms with E-state index in [-0.39, 0.29) is 20.1 Å². The van der Waals surface area contributed by atoms with Gasteiger partial charge in [0.2, 0.25) is 0 Å². The smallest absolute Gasteiger partial charge is 0.0404 e. The SMILES string of the molecule is [Ir].[c-]1ccc2c3ccccc3n(-c3ccccc3)c2c1N1C=CN(c2ccccc2)[CH-]1. The second kappa shape index (κ2) is 8.07. The van der Waals surface area contributed by atoms with Crippen molar-refractivity contribution in [3.05, 3.63) is 122 Å². The first-order valence-corrected chi connectivity index (χ1v) is 10.0. The number of anilines is 2. The van der Waals surface area contributed by atoms with Gasteiger partial charge in [0.25, 0.3) is 0 Å². The van der Waals surface area contributed by atoms with Gasteiger partial charge < -0.3 is 14.4 Å². The second-order valence-corrected chi connectivity index (χ2v) is 7.34. The fraction of sp³-hybridized carbons (Fsp3) is 0. The average Bonchev–Trinajstić information content (AvgIpc) is 3.44. The fourth-order valence-corrected chi connectivity index (χ4v) is 4.22. The summed E-state index contributed by atoms with van der Waals surface area (Å²) in [5.41, 5.74) is 5.66. The molecule has 0 aliphatic carbocycles. The molecule has 6 rings (SSSR count). The zero-order chi connectivity index (χ0) is 19.9. The van der Waals surface area contributed by atoms with Crippen LogP contribution < -0.4 is 9.80 Å². The van der Waals surface area contributed by atoms with Crippen molar-refractivity contribution in [2.45, 2.75) is 0 Å². The number of hydrogen-bond donors (Lipinski definition) is 0. The molecule has 153 valence electrons. The molecule has 0 spiro atoms. The van der Waals surface area contributed by atoms with Gasteiger partial charge in [0.1, 0.15) is 0 Å². The summed E-state index contributed by atoms with van der Waals surface area (Å²) in [4.78, 5) is 4.27. The van der Waals surface area contributed by atoms with E-state index in [4.69, 9.17) is 0 Å². The molecular weight excluding hydrogens is 559 g/mol. The van der Waals surface area contributed by atoms with Crippen LogP contribution in [0.5, 0.6) is 0 Å². The van der Waals surface area contributed by atoms with Crippen LogP contribution >= 0.6 is 0 Å². The van der Waals surface area contributed by atoms with E-state index in [2.05, 4.69) is 124 Å². The van der Waals surface area contributed by atoms with Crippen LogP contribution in [0, 0.1) is 12.7 Å². The molecule has 1 aliphatic rings. The molecule has 0 bridgehead atoms. The van der Waals surface area contributed by atoms with Crippen molar-refractivity contribution in [1.82, 2.24) is 4.57 Å². The summed E-state index contributed by atoms with van der Waals surface area (Å²) in [7, 11) is 0. The van der Waals surface area contributed by atoms with Crippen molar-refractivity contribution >= 4 is 33.2 Å². The first-order chi connectivity index (χ1) is 14.9. The van der Waals surface area contributed by atoms with E-state index in [9.17, 15) is 0 Å². The summed E-state index contributed by atoms with van der Waals surface area (Å²) in [6, 6.07) is 37.2. The first-order valence-electron chi connectivity index (χ1n) is 10.0. The van der Waals surface area contributed by atoms with E-state index in [1.807, 2.05) is 12.1 Å². The zero-order valence-corrected chi connectivity index (χ0v) is 19.0. The largest absolute Gasteiger partial charge is 0.498 e. The topological polar surface area (TPSA) is 11.4 Å². The quantitative estimate of drug-likeness (QED) is 0.227. The van der Waals surface area contributed by atoms with E-state index in [0.29, 0.717) is 0 Å². The van der Waals surface area contributed by atoms with Crippen LogP contribution in [0.25, 0.3) is 27.5 Å². The summed E-state index contributed by atoms with van der Waals surface area (Å²) < 4.78 is 2.34. The molecule has 0 atom stereocenters. The van der Waals surface area contributed by atoms with E-state index in [0.717, 1.165) is 22.6 Å². The molecule has 0 unspecified atom stereocenters. The number of nitrogens with zero attached hydrogens (tertiary/aromatic N) is 3. The minimum absolute atomic E-state index is 0. The molecule has 4 aromatic carbocycles. The Kier molecular flexibility index (Phi) is 5.11. The first kappa shape index (κ1) is 19.6. The summed E-state index contributed by atoms with van der Waals surface area (Å²) in [5.74, 6) is 0. The summed E-state index contributed by atoms with van der Waals surface area (Å²) in [6.07, 6.45) is 4.17. The third-order valence-electron chi connectivity index (χ3n) is 5.57. The molecule has 0 fully saturated rings. The molecule has 5 aromatic rings. The van der Waals surface area contributed by atoms with Gasteiger partial charge in [-0.05, 0) is 53.6 Å². The molecular formula is C27H19IrN3-2. The maximum absolute atomic E-state index is 3.49. The van der Waals surface area contributed by atoms with Gasteiger partial charge in [0, 0.05) is 37.0 Å². The summed E-state index contributed by atoms with van der Waals surface area (Å²) in [6.45, 7) is 2.10. The number of rotatable bonds is 3. The molecule has 0 amide bonds. The predicted molar refractivity (Wildman–Crippen MR) is 124 cm³/mol. The molecule has 0 saturated heterocycles. The van der Waals surface area contributed by atoms with Crippen LogP contribution in [-0.2, 0) is 20.1 Å². The number of benzene rings is 4. The Morgan fingerprint density at radius 1 is 0.613 bits per heavy atom. The fourth-order valence-electron chi connectivity index (χ4n) is 4.22. The Hall–Kier alpha value is -3.33. The normalized spacial score (nSPS) is 13.2. The van der Waals surface area contributed by atoms with Crippen molar-refractivity contribution in [1.29, 1.82) is 0 Å². The van der Waals surface area contributed by atoms with E-state index in [1.165, 1.54) is 16.3 Å². The van der Waals surface area contributed by atoms with Crippen molar-refractivity contribution in [2.75, 3.05) is 9.80 Å². The Balaban J connectivity index is 0.00000204. The van der Waals surface area contributed by atoms with Gasteiger partial charge in [0.15, 0.2) is 0 Å². The van der Waals surface area contributed by atoms with Crippen LogP contribution in [-0.4, -0.2) is 4.57 Å². The van der Waals surface area contributed by atoms with Crippen LogP contribution in [0.2, 0.25) is 0 Å². The maximum Gasteiger partial charge on any atom is 0.0404 e. The van der Waals surface area contributed by atoms with E-state index >= 15 is 0 Å². The minimum atomic E-state index is 0. The maximum atomic E-state index is 3.49. The predicted octanol–water partition coefficient (Wildman–Crippen LogP) is 6.50. The molecule has 1 aromatic heterocycles. The average molecular weight is 578 g/mol. The van der Waals surface area contributed by atoms with E-state index in [1.54, 1.807) is 0 Å². The molecule has 31 heavy (non-hydrogen) atoms. The van der Waals surface area contributed by atoms with Gasteiger partial charge in [-0.2, -0.15) is 18.2 Å². The van der Waals surface area contributed by atoms with Crippen LogP contribution in [0.15, 0.2) is 109 Å². The van der Waals surface area contributed by atoms with Gasteiger partial charge in [-0.15, -0.1) is 12.1 Å². The Bertz CT molecular complexity index is 1370. The minimum Gasteiger partial charge on any atom is -0.498 e. The van der Waals surface area contributed by atoms with Gasteiger partial charge >= 0.3 is 0 Å². The van der Waals surface area contributed by atoms with Gasteiger partial charge in [-0.25, -0.2) is 0 Å². The molecule has 0 saturated carbocycles. The van der Waals surface area contributed by atoms with E-state index < -0.39 is 0 Å². The van der Waals surface area contributed by atoms with Crippen molar-refractivity contribution in [2.24, 2.45) is 0 Å². The van der Waals surface area contributed by atoms with Crippen LogP contribution in [0.1, 0.15) is 0 Å². The summed E-state index contributed by atoms with van der Waals surface area (Å²) >= 11 is 0. The van der Waals surface area contributed by atoms with Crippen LogP contribution in [0.4, 0.5) is 11.4 Å². The second-order valence-electron chi connectivity index (χ2n) is 7.34. The van der Waals surface area contributed by atoms with Crippen molar-refractivity contribution in [3.63, 3.8) is 0 Å². The molecule has 1 radical (unpaired) electrons. The third kappa shape index (κ3) is 3.25. The molecule has 4 heteroatoms. The summed E-state index contributed by atoms with van der Waals surface area (Å²) in [5, 5.41) is 2.47. The standard InChI is InChI=1S/C27H19N3.Ir/c1-3-10-21(11-4-1)28-18-19-29(20-28)26-17-9-15-24-23-14-7-8-16-25(23)30(27(24)26)22-12-5-2-6-13-22;/h1-16,18-20H;/q-2;. The van der Waals surface area contributed by atoms with Gasteiger partial charge in [0.05, 0.1) is 0 Å². The zero-order valence-electron chi connectivity index (χ0n) is 16.6. The molecule has 0 N–H and O–H groups in total. The van der Waals surface area contributed by atoms with Gasteiger partial charge in [-0.3, -0.25) is 0 Å². The third-order valence-corrected chi connectivity index (χ3v) is 5.57. The number of aromatic nitrogens is 1. The van der Waals surface area contributed by atoms with Crippen LogP contribution in [0.3, 0.4) is 0 Å². The van der Waals surface area contributed by atoms with Gasteiger partial charge in [-0.1, -0.05) is 60.3 Å². The Morgan fingerprint density at radius 2 is 1.26 bits per heavy atom. The molecule has 1 aliphatic heterocycles. The van der Waals surface area contributed by atoms with Crippen molar-refractivity contribution in [3.8, 4) is 5.69 Å². The van der Waals surface area contributed by atoms with Crippen molar-refractivity contribution < 1.29 is 20.1 Å². The molecule has 2 heterocycles. The number of para-hydroxylation sites is 3. The Labute approximate surface area is 195 Å². The number of hydrogen-bond acceptors (Lipinski definition) is 2.